The molecule has 3 aliphatic carbocycles. The van der Waals surface area contributed by atoms with Gasteiger partial charge in [0.15, 0.2) is 5.78 Å². The fourth-order valence-corrected chi connectivity index (χ4v) is 5.44. The van der Waals surface area contributed by atoms with Gasteiger partial charge in [-0.15, -0.1) is 0 Å². The second-order valence-electron chi connectivity index (χ2n) is 9.49. The van der Waals surface area contributed by atoms with Gasteiger partial charge in [-0.1, -0.05) is 88.1 Å². The van der Waals surface area contributed by atoms with Crippen LogP contribution in [0.2, 0.25) is 0 Å². The van der Waals surface area contributed by atoms with E-state index in [1.807, 2.05) is 12.2 Å². The predicted octanol–water partition coefficient (Wildman–Crippen LogP) is 7.65. The molecule has 1 heteroatoms. The highest BCUT2D eigenvalue weighted by atomic mass is 16.1. The Morgan fingerprint density at radius 2 is 1.80 bits per heavy atom. The summed E-state index contributed by atoms with van der Waals surface area (Å²) in [5.41, 5.74) is 6.73. The zero-order valence-electron chi connectivity index (χ0n) is 18.7. The average Bonchev–Trinajstić information content (AvgIpc) is 3.20. The van der Waals surface area contributed by atoms with E-state index in [0.717, 1.165) is 12.8 Å². The highest BCUT2D eigenvalue weighted by molar-refractivity contribution is 5.97. The molecule has 1 aromatic rings. The Labute approximate surface area is 182 Å². The molecule has 2 unspecified atom stereocenters. The van der Waals surface area contributed by atoms with Gasteiger partial charge in [0.25, 0.3) is 0 Å². The molecule has 0 radical (unpaired) electrons. The molecule has 1 aromatic carbocycles. The lowest BCUT2D eigenvalue weighted by molar-refractivity contribution is -0.118. The number of rotatable bonds is 7. The first-order valence-electron chi connectivity index (χ1n) is 12.1. The van der Waals surface area contributed by atoms with Gasteiger partial charge >= 0.3 is 0 Å². The molecule has 0 spiro atoms. The summed E-state index contributed by atoms with van der Waals surface area (Å²) in [4.78, 5) is 12.8. The number of unbranched alkanes of at least 4 members (excludes halogenated alkanes) is 1. The van der Waals surface area contributed by atoms with Crippen molar-refractivity contribution in [3.05, 3.63) is 82.5 Å². The average molecular weight is 401 g/mol. The topological polar surface area (TPSA) is 17.1 Å². The van der Waals surface area contributed by atoms with Crippen LogP contribution < -0.4 is 0 Å². The quantitative estimate of drug-likeness (QED) is 0.459. The van der Waals surface area contributed by atoms with Crippen molar-refractivity contribution < 1.29 is 4.79 Å². The van der Waals surface area contributed by atoms with Crippen LogP contribution in [0.4, 0.5) is 0 Å². The summed E-state index contributed by atoms with van der Waals surface area (Å²) < 4.78 is 0. The van der Waals surface area contributed by atoms with Crippen LogP contribution in [0.3, 0.4) is 0 Å². The second-order valence-corrected chi connectivity index (χ2v) is 9.49. The van der Waals surface area contributed by atoms with Crippen molar-refractivity contribution in [1.82, 2.24) is 0 Å². The molecule has 30 heavy (non-hydrogen) atoms. The Bertz CT molecular complexity index is 871. The molecule has 0 saturated heterocycles. The van der Waals surface area contributed by atoms with E-state index in [1.165, 1.54) is 72.8 Å². The van der Waals surface area contributed by atoms with E-state index in [4.69, 9.17) is 0 Å². The van der Waals surface area contributed by atoms with E-state index in [2.05, 4.69) is 56.3 Å². The number of fused-ring (bicyclic) bond motifs is 1. The predicted molar refractivity (Wildman–Crippen MR) is 127 cm³/mol. The Hall–Kier alpha value is -2.15. The van der Waals surface area contributed by atoms with Gasteiger partial charge in [-0.25, -0.2) is 0 Å². The van der Waals surface area contributed by atoms with E-state index in [1.54, 1.807) is 0 Å². The Morgan fingerprint density at radius 3 is 2.53 bits per heavy atom. The molecule has 0 aromatic heterocycles. The number of allylic oxidation sites excluding steroid dienone is 8. The summed E-state index contributed by atoms with van der Waals surface area (Å²) in [5, 5.41) is 0. The van der Waals surface area contributed by atoms with Crippen molar-refractivity contribution in [2.75, 3.05) is 0 Å². The minimum absolute atomic E-state index is 0.0760. The Kier molecular flexibility index (Phi) is 6.87. The molecule has 3 aliphatic rings. The van der Waals surface area contributed by atoms with Gasteiger partial charge in [-0.05, 0) is 77.9 Å². The minimum atomic E-state index is 0.0760. The molecule has 0 N–H and O–H groups in total. The zero-order valence-corrected chi connectivity index (χ0v) is 18.7. The lowest BCUT2D eigenvalue weighted by Crippen LogP contribution is -2.26. The van der Waals surface area contributed by atoms with Crippen molar-refractivity contribution in [3.8, 4) is 0 Å². The first-order chi connectivity index (χ1) is 14.7. The fourth-order valence-electron chi connectivity index (χ4n) is 5.44. The Morgan fingerprint density at radius 1 is 1.03 bits per heavy atom. The monoisotopic (exact) mass is 400 g/mol. The van der Waals surface area contributed by atoms with Gasteiger partial charge in [0.2, 0.25) is 0 Å². The number of hydrogen-bond donors (Lipinski definition) is 0. The second kappa shape index (κ2) is 9.77. The number of ketones is 1. The van der Waals surface area contributed by atoms with Gasteiger partial charge < -0.3 is 0 Å². The minimum Gasteiger partial charge on any atom is -0.294 e. The van der Waals surface area contributed by atoms with Crippen LogP contribution in [0.5, 0.6) is 0 Å². The number of carbonyl (C=O) groups excluding carboxylic acids is 1. The molecule has 0 amide bonds. The molecule has 4 rings (SSSR count). The third kappa shape index (κ3) is 4.77. The zero-order chi connectivity index (χ0) is 20.9. The highest BCUT2D eigenvalue weighted by Crippen LogP contribution is 2.42. The van der Waals surface area contributed by atoms with E-state index in [9.17, 15) is 4.79 Å². The van der Waals surface area contributed by atoms with Crippen LogP contribution in [-0.2, 0) is 11.2 Å². The lowest BCUT2D eigenvalue weighted by Gasteiger charge is -2.28. The standard InChI is InChI=1S/C29H36O/c1-3-4-8-21(2)24-15-13-22(14-16-24)19-23-9-7-12-25-17-18-28(30)29(27(25)20-23)26-10-5-6-11-26/h9,12-18,20-21,26,29H,3-8,10-11,19H2,1-2H3. The van der Waals surface area contributed by atoms with Crippen LogP contribution in [0.1, 0.15) is 82.3 Å². The molecular weight excluding hydrogens is 364 g/mol. The van der Waals surface area contributed by atoms with Crippen LogP contribution in [0.15, 0.2) is 71.4 Å². The third-order valence-corrected chi connectivity index (χ3v) is 7.28. The van der Waals surface area contributed by atoms with Crippen molar-refractivity contribution >= 4 is 5.78 Å². The van der Waals surface area contributed by atoms with Gasteiger partial charge in [0.05, 0.1) is 5.92 Å². The third-order valence-electron chi connectivity index (χ3n) is 7.28. The lowest BCUT2D eigenvalue weighted by atomic mass is 9.75. The molecule has 0 heterocycles. The van der Waals surface area contributed by atoms with E-state index in [-0.39, 0.29) is 5.92 Å². The van der Waals surface area contributed by atoms with E-state index < -0.39 is 0 Å². The summed E-state index contributed by atoms with van der Waals surface area (Å²) in [6, 6.07) is 9.24. The number of carbonyl (C=O) groups is 1. The smallest absolute Gasteiger partial charge is 0.163 e. The van der Waals surface area contributed by atoms with Gasteiger partial charge in [0.1, 0.15) is 0 Å². The normalized spacial score (nSPS) is 22.8. The summed E-state index contributed by atoms with van der Waals surface area (Å²) in [5.74, 6) is 1.56. The fraction of sp³-hybridized carbons (Fsp3) is 0.483. The molecular formula is C29H36O. The van der Waals surface area contributed by atoms with Gasteiger partial charge in [-0.2, -0.15) is 0 Å². The Balaban J connectivity index is 1.52. The summed E-state index contributed by atoms with van der Waals surface area (Å²) in [6.45, 7) is 4.60. The van der Waals surface area contributed by atoms with E-state index in [0.29, 0.717) is 17.6 Å². The van der Waals surface area contributed by atoms with Gasteiger partial charge in [0, 0.05) is 0 Å². The maximum absolute atomic E-state index is 12.8. The van der Waals surface area contributed by atoms with Crippen molar-refractivity contribution in [1.29, 1.82) is 0 Å². The largest absolute Gasteiger partial charge is 0.294 e. The van der Waals surface area contributed by atoms with Crippen LogP contribution in [0.25, 0.3) is 0 Å². The van der Waals surface area contributed by atoms with Gasteiger partial charge in [-0.3, -0.25) is 4.79 Å². The van der Waals surface area contributed by atoms with Crippen molar-refractivity contribution in [2.45, 2.75) is 77.6 Å². The molecule has 0 bridgehead atoms. The maximum Gasteiger partial charge on any atom is 0.163 e. The first-order valence-corrected chi connectivity index (χ1v) is 12.1. The van der Waals surface area contributed by atoms with Crippen molar-refractivity contribution in [3.63, 3.8) is 0 Å². The molecule has 1 fully saturated rings. The molecule has 2 atom stereocenters. The summed E-state index contributed by atoms with van der Waals surface area (Å²) >= 11 is 0. The summed E-state index contributed by atoms with van der Waals surface area (Å²) in [7, 11) is 0. The molecule has 1 saturated carbocycles. The molecule has 0 aliphatic heterocycles. The highest BCUT2D eigenvalue weighted by Gasteiger charge is 2.35. The van der Waals surface area contributed by atoms with Crippen LogP contribution in [0, 0.1) is 11.8 Å². The number of benzene rings is 1. The molecule has 158 valence electrons. The first kappa shape index (κ1) is 21.1. The summed E-state index contributed by atoms with van der Waals surface area (Å²) in [6.07, 6.45) is 21.6. The van der Waals surface area contributed by atoms with E-state index >= 15 is 0 Å². The number of hydrogen-bond acceptors (Lipinski definition) is 1. The van der Waals surface area contributed by atoms with Crippen LogP contribution in [-0.4, -0.2) is 5.78 Å². The SMILES string of the molecule is CCCCC(C)c1ccc(CC2=CCC=C3C=CC(=O)C(C4CCCC4)C3=C2)cc1. The maximum atomic E-state index is 12.8. The van der Waals surface area contributed by atoms with Crippen molar-refractivity contribution in [2.24, 2.45) is 11.8 Å². The van der Waals surface area contributed by atoms with Crippen LogP contribution >= 0.6 is 0 Å². The molecule has 1 nitrogen and oxygen atoms in total.